The van der Waals surface area contributed by atoms with Gasteiger partial charge in [-0.3, -0.25) is 4.99 Å². The van der Waals surface area contributed by atoms with Gasteiger partial charge in [0.2, 0.25) is 0 Å². The standard InChI is InChI=1S/C13H17FN2S/c1-10-9-12(14)4-3-11(10)5-7-16-13-15-6-2-8-17-13/h3-4,9H,2,5-8H2,1H3,(H,15,16). The molecule has 0 unspecified atom stereocenters. The molecule has 1 aromatic carbocycles. The number of aliphatic imine (C=N–C) groups is 1. The molecular formula is C13H17FN2S. The van der Waals surface area contributed by atoms with Gasteiger partial charge in [0.1, 0.15) is 5.82 Å². The molecule has 1 aromatic rings. The van der Waals surface area contributed by atoms with E-state index in [1.807, 2.05) is 13.0 Å². The summed E-state index contributed by atoms with van der Waals surface area (Å²) in [6.07, 6.45) is 2.08. The van der Waals surface area contributed by atoms with Crippen LogP contribution in [0, 0.1) is 12.7 Å². The van der Waals surface area contributed by atoms with Gasteiger partial charge in [0.15, 0.2) is 5.17 Å². The van der Waals surface area contributed by atoms with E-state index in [2.05, 4.69) is 10.3 Å². The van der Waals surface area contributed by atoms with Gasteiger partial charge < -0.3 is 5.32 Å². The van der Waals surface area contributed by atoms with Gasteiger partial charge in [0, 0.05) is 18.8 Å². The van der Waals surface area contributed by atoms with Gasteiger partial charge >= 0.3 is 0 Å². The van der Waals surface area contributed by atoms with Crippen molar-refractivity contribution in [2.45, 2.75) is 19.8 Å². The number of nitrogens with zero attached hydrogens (tertiary/aromatic N) is 1. The molecule has 1 N–H and O–H groups in total. The van der Waals surface area contributed by atoms with Gasteiger partial charge in [-0.2, -0.15) is 0 Å². The van der Waals surface area contributed by atoms with E-state index in [0.717, 1.165) is 36.0 Å². The van der Waals surface area contributed by atoms with Crippen molar-refractivity contribution in [3.8, 4) is 0 Å². The first-order valence-corrected chi connectivity index (χ1v) is 6.90. The summed E-state index contributed by atoms with van der Waals surface area (Å²) in [7, 11) is 0. The first kappa shape index (κ1) is 12.4. The predicted octanol–water partition coefficient (Wildman–Crippen LogP) is 2.76. The van der Waals surface area contributed by atoms with Crippen molar-refractivity contribution in [1.82, 2.24) is 5.32 Å². The molecule has 0 atom stereocenters. The van der Waals surface area contributed by atoms with E-state index >= 15 is 0 Å². The van der Waals surface area contributed by atoms with Crippen LogP contribution in [0.1, 0.15) is 17.5 Å². The number of rotatable bonds is 3. The highest BCUT2D eigenvalue weighted by atomic mass is 32.2. The molecule has 2 rings (SSSR count). The molecule has 0 spiro atoms. The van der Waals surface area contributed by atoms with Crippen LogP contribution < -0.4 is 5.32 Å². The summed E-state index contributed by atoms with van der Waals surface area (Å²) < 4.78 is 12.9. The van der Waals surface area contributed by atoms with Crippen molar-refractivity contribution < 1.29 is 4.39 Å². The molecule has 0 amide bonds. The topological polar surface area (TPSA) is 24.4 Å². The average Bonchev–Trinajstić information content (AvgIpc) is 2.33. The highest BCUT2D eigenvalue weighted by Gasteiger charge is 2.05. The second kappa shape index (κ2) is 6.05. The first-order chi connectivity index (χ1) is 8.25. The van der Waals surface area contributed by atoms with Gasteiger partial charge in [-0.15, -0.1) is 0 Å². The first-order valence-electron chi connectivity index (χ1n) is 5.92. The number of amidine groups is 1. The second-order valence-corrected chi connectivity index (χ2v) is 5.22. The Morgan fingerprint density at radius 2 is 2.35 bits per heavy atom. The zero-order valence-corrected chi connectivity index (χ0v) is 10.8. The normalized spacial score (nSPS) is 15.5. The zero-order valence-electron chi connectivity index (χ0n) is 10.0. The molecule has 1 aliphatic heterocycles. The summed E-state index contributed by atoms with van der Waals surface area (Å²) >= 11 is 1.78. The number of thioether (sulfide) groups is 1. The average molecular weight is 252 g/mol. The Kier molecular flexibility index (Phi) is 4.42. The van der Waals surface area contributed by atoms with E-state index in [4.69, 9.17) is 0 Å². The van der Waals surface area contributed by atoms with Crippen LogP contribution in [0.2, 0.25) is 0 Å². The molecule has 0 saturated carbocycles. The fourth-order valence-electron chi connectivity index (χ4n) is 1.81. The maximum Gasteiger partial charge on any atom is 0.156 e. The molecule has 0 radical (unpaired) electrons. The van der Waals surface area contributed by atoms with Gasteiger partial charge in [0.05, 0.1) is 0 Å². The summed E-state index contributed by atoms with van der Waals surface area (Å²) in [5.74, 6) is 0.993. The Balaban J connectivity index is 1.83. The minimum absolute atomic E-state index is 0.161. The van der Waals surface area contributed by atoms with Gasteiger partial charge in [-0.1, -0.05) is 17.8 Å². The lowest BCUT2D eigenvalue weighted by Crippen LogP contribution is -2.25. The van der Waals surface area contributed by atoms with E-state index in [9.17, 15) is 4.39 Å². The summed E-state index contributed by atoms with van der Waals surface area (Å²) in [5, 5.41) is 4.38. The largest absolute Gasteiger partial charge is 0.365 e. The van der Waals surface area contributed by atoms with Crippen molar-refractivity contribution in [3.05, 3.63) is 35.1 Å². The van der Waals surface area contributed by atoms with Crippen LogP contribution in [0.5, 0.6) is 0 Å². The minimum atomic E-state index is -0.161. The molecule has 0 fully saturated rings. The number of halogens is 1. The number of hydrogen-bond acceptors (Lipinski definition) is 3. The van der Waals surface area contributed by atoms with E-state index in [0.29, 0.717) is 0 Å². The Morgan fingerprint density at radius 3 is 3.06 bits per heavy atom. The Labute approximate surface area is 106 Å². The number of aryl methyl sites for hydroxylation is 1. The van der Waals surface area contributed by atoms with Crippen LogP contribution in [0.15, 0.2) is 23.2 Å². The van der Waals surface area contributed by atoms with Crippen molar-refractivity contribution in [3.63, 3.8) is 0 Å². The lowest BCUT2D eigenvalue weighted by atomic mass is 10.1. The Morgan fingerprint density at radius 1 is 1.47 bits per heavy atom. The van der Waals surface area contributed by atoms with E-state index in [1.165, 1.54) is 18.1 Å². The monoisotopic (exact) mass is 252 g/mol. The minimum Gasteiger partial charge on any atom is -0.365 e. The lowest BCUT2D eigenvalue weighted by molar-refractivity contribution is 0.625. The molecule has 92 valence electrons. The van der Waals surface area contributed by atoms with Crippen molar-refractivity contribution in [2.75, 3.05) is 18.8 Å². The molecule has 1 aliphatic rings. The molecule has 1 heterocycles. The fraction of sp³-hybridized carbons (Fsp3) is 0.462. The van der Waals surface area contributed by atoms with E-state index < -0.39 is 0 Å². The highest BCUT2D eigenvalue weighted by Crippen LogP contribution is 2.12. The van der Waals surface area contributed by atoms with Gasteiger partial charge in [-0.05, 0) is 43.0 Å². The zero-order chi connectivity index (χ0) is 12.1. The highest BCUT2D eigenvalue weighted by molar-refractivity contribution is 8.13. The molecular weight excluding hydrogens is 235 g/mol. The molecule has 0 aliphatic carbocycles. The quantitative estimate of drug-likeness (QED) is 0.894. The van der Waals surface area contributed by atoms with Gasteiger partial charge in [0.25, 0.3) is 0 Å². The molecule has 0 bridgehead atoms. The smallest absolute Gasteiger partial charge is 0.156 e. The van der Waals surface area contributed by atoms with Crippen LogP contribution in [0.25, 0.3) is 0 Å². The second-order valence-electron chi connectivity index (χ2n) is 4.14. The van der Waals surface area contributed by atoms with Crippen molar-refractivity contribution >= 4 is 16.9 Å². The number of hydrogen-bond donors (Lipinski definition) is 1. The maximum absolute atomic E-state index is 12.9. The van der Waals surface area contributed by atoms with Crippen molar-refractivity contribution in [1.29, 1.82) is 0 Å². The lowest BCUT2D eigenvalue weighted by Gasteiger charge is -2.13. The third-order valence-electron chi connectivity index (χ3n) is 2.77. The SMILES string of the molecule is Cc1cc(F)ccc1CCNC1=NCCCS1. The Bertz CT molecular complexity index is 418. The molecule has 0 saturated heterocycles. The van der Waals surface area contributed by atoms with E-state index in [1.54, 1.807) is 17.8 Å². The van der Waals surface area contributed by atoms with Crippen LogP contribution in [-0.4, -0.2) is 24.0 Å². The van der Waals surface area contributed by atoms with Crippen LogP contribution in [0.4, 0.5) is 4.39 Å². The number of benzene rings is 1. The summed E-state index contributed by atoms with van der Waals surface area (Å²) in [6.45, 7) is 3.74. The molecule has 0 aromatic heterocycles. The Hall–Kier alpha value is -1.03. The predicted molar refractivity (Wildman–Crippen MR) is 72.2 cm³/mol. The number of nitrogens with one attached hydrogen (secondary N) is 1. The molecule has 4 heteroatoms. The molecule has 2 nitrogen and oxygen atoms in total. The molecule has 17 heavy (non-hydrogen) atoms. The fourth-order valence-corrected chi connectivity index (χ4v) is 2.66. The summed E-state index contributed by atoms with van der Waals surface area (Å²) in [5.41, 5.74) is 2.21. The van der Waals surface area contributed by atoms with Crippen LogP contribution in [0.3, 0.4) is 0 Å². The van der Waals surface area contributed by atoms with Crippen molar-refractivity contribution in [2.24, 2.45) is 4.99 Å². The maximum atomic E-state index is 12.9. The van der Waals surface area contributed by atoms with Crippen LogP contribution >= 0.6 is 11.8 Å². The third kappa shape index (κ3) is 3.73. The summed E-state index contributed by atoms with van der Waals surface area (Å²) in [6, 6.07) is 4.97. The third-order valence-corrected chi connectivity index (χ3v) is 3.81. The summed E-state index contributed by atoms with van der Waals surface area (Å²) in [4.78, 5) is 4.41. The van der Waals surface area contributed by atoms with E-state index in [-0.39, 0.29) is 5.82 Å². The van der Waals surface area contributed by atoms with Gasteiger partial charge in [-0.25, -0.2) is 4.39 Å². The van der Waals surface area contributed by atoms with Crippen LogP contribution in [-0.2, 0) is 6.42 Å².